The average Bonchev–Trinajstić information content (AvgIpc) is 1.85. The topological polar surface area (TPSA) is 29.3 Å². The van der Waals surface area contributed by atoms with Gasteiger partial charge in [0.15, 0.2) is 0 Å². The number of hydrogen-bond acceptors (Lipinski definition) is 2. The maximum atomic E-state index is 11.9. The van der Waals surface area contributed by atoms with Crippen LogP contribution in [0.3, 0.4) is 0 Å². The van der Waals surface area contributed by atoms with Gasteiger partial charge in [-0.15, -0.1) is 24.8 Å². The highest BCUT2D eigenvalue weighted by atomic mass is 35.5. The maximum Gasteiger partial charge on any atom is 0.251 e. The summed E-state index contributed by atoms with van der Waals surface area (Å²) >= 11 is 0. The summed E-state index contributed by atoms with van der Waals surface area (Å²) in [4.78, 5) is 1.73. The van der Waals surface area contributed by atoms with Gasteiger partial charge in [-0.05, 0) is 19.4 Å². The van der Waals surface area contributed by atoms with Gasteiger partial charge < -0.3 is 5.73 Å². The number of hydrogen-bond donors (Lipinski definition) is 1. The summed E-state index contributed by atoms with van der Waals surface area (Å²) < 4.78 is 23.7. The van der Waals surface area contributed by atoms with Crippen LogP contribution in [0.4, 0.5) is 8.78 Å². The first-order chi connectivity index (χ1) is 5.18. The molecule has 0 bridgehead atoms. The van der Waals surface area contributed by atoms with Crippen molar-refractivity contribution in [2.24, 2.45) is 5.73 Å². The van der Waals surface area contributed by atoms with Gasteiger partial charge in [-0.25, -0.2) is 8.78 Å². The van der Waals surface area contributed by atoms with Crippen molar-refractivity contribution in [2.45, 2.75) is 25.3 Å². The number of alkyl halides is 2. The molecule has 1 aliphatic heterocycles. The molecule has 1 rings (SSSR count). The Balaban J connectivity index is 0. The van der Waals surface area contributed by atoms with E-state index in [9.17, 15) is 8.78 Å². The molecule has 13 heavy (non-hydrogen) atoms. The van der Waals surface area contributed by atoms with Crippen LogP contribution in [0.1, 0.15) is 12.8 Å². The molecule has 2 N–H and O–H groups in total. The lowest BCUT2D eigenvalue weighted by Gasteiger charge is -2.30. The van der Waals surface area contributed by atoms with Crippen LogP contribution in [0.15, 0.2) is 0 Å². The summed E-state index contributed by atoms with van der Waals surface area (Å²) in [7, 11) is 0. The van der Waals surface area contributed by atoms with E-state index in [-0.39, 0.29) is 37.4 Å². The van der Waals surface area contributed by atoms with Crippen LogP contribution in [-0.4, -0.2) is 37.0 Å². The Bertz CT molecular complexity index is 125. The molecular formula is C7H16Cl2F2N2. The fourth-order valence-corrected chi connectivity index (χ4v) is 1.45. The Morgan fingerprint density at radius 3 is 2.46 bits per heavy atom. The predicted molar refractivity (Wildman–Crippen MR) is 54.1 cm³/mol. The van der Waals surface area contributed by atoms with Crippen molar-refractivity contribution in [1.82, 2.24) is 4.90 Å². The first kappa shape index (κ1) is 15.8. The molecule has 2 nitrogen and oxygen atoms in total. The largest absolute Gasteiger partial charge is 0.327 e. The Labute approximate surface area is 89.7 Å². The van der Waals surface area contributed by atoms with Crippen LogP contribution in [0.5, 0.6) is 0 Å². The van der Waals surface area contributed by atoms with Crippen LogP contribution in [0.25, 0.3) is 0 Å². The zero-order valence-electron chi connectivity index (χ0n) is 7.29. The van der Waals surface area contributed by atoms with E-state index in [1.54, 1.807) is 4.90 Å². The number of nitrogens with zero attached hydrogens (tertiary/aromatic N) is 1. The average molecular weight is 237 g/mol. The third kappa shape index (κ3) is 6.43. The SMILES string of the molecule is Cl.Cl.NC1CCCN(CC(F)F)C1. The molecule has 1 unspecified atom stereocenters. The van der Waals surface area contributed by atoms with Crippen molar-refractivity contribution in [3.63, 3.8) is 0 Å². The van der Waals surface area contributed by atoms with Crippen LogP contribution in [-0.2, 0) is 0 Å². The molecular weight excluding hydrogens is 221 g/mol. The fraction of sp³-hybridized carbons (Fsp3) is 1.00. The van der Waals surface area contributed by atoms with Gasteiger partial charge in [-0.2, -0.15) is 0 Å². The Morgan fingerprint density at radius 2 is 2.00 bits per heavy atom. The van der Waals surface area contributed by atoms with Crippen molar-refractivity contribution in [3.05, 3.63) is 0 Å². The lowest BCUT2D eigenvalue weighted by atomic mass is 10.1. The van der Waals surface area contributed by atoms with E-state index in [0.717, 1.165) is 19.4 Å². The molecule has 1 aliphatic rings. The summed E-state index contributed by atoms with van der Waals surface area (Å²) in [5, 5.41) is 0. The molecule has 0 aromatic carbocycles. The number of halogens is 4. The second kappa shape index (κ2) is 7.74. The summed E-state index contributed by atoms with van der Waals surface area (Å²) in [6, 6.07) is 0.0995. The van der Waals surface area contributed by atoms with Crippen molar-refractivity contribution in [1.29, 1.82) is 0 Å². The van der Waals surface area contributed by atoms with Gasteiger partial charge in [0.2, 0.25) is 0 Å². The lowest BCUT2D eigenvalue weighted by molar-refractivity contribution is 0.0745. The van der Waals surface area contributed by atoms with Crippen molar-refractivity contribution in [2.75, 3.05) is 19.6 Å². The van der Waals surface area contributed by atoms with Crippen LogP contribution < -0.4 is 5.73 Å². The summed E-state index contributed by atoms with van der Waals surface area (Å²) in [6.45, 7) is 1.29. The summed E-state index contributed by atoms with van der Waals surface area (Å²) in [5.41, 5.74) is 5.61. The van der Waals surface area contributed by atoms with E-state index in [4.69, 9.17) is 5.73 Å². The van der Waals surface area contributed by atoms with Gasteiger partial charge in [-0.1, -0.05) is 0 Å². The highest BCUT2D eigenvalue weighted by Gasteiger charge is 2.18. The molecule has 1 heterocycles. The van der Waals surface area contributed by atoms with Gasteiger partial charge >= 0.3 is 0 Å². The quantitative estimate of drug-likeness (QED) is 0.788. The van der Waals surface area contributed by atoms with Crippen molar-refractivity contribution < 1.29 is 8.78 Å². The normalized spacial score (nSPS) is 23.5. The van der Waals surface area contributed by atoms with Gasteiger partial charge in [0.25, 0.3) is 6.43 Å². The van der Waals surface area contributed by atoms with E-state index >= 15 is 0 Å². The molecule has 0 amide bonds. The Kier molecular flexibility index (Phi) is 9.41. The van der Waals surface area contributed by atoms with Crippen LogP contribution in [0, 0.1) is 0 Å². The minimum Gasteiger partial charge on any atom is -0.327 e. The molecule has 0 radical (unpaired) electrons. The number of piperidine rings is 1. The molecule has 0 saturated carbocycles. The second-order valence-corrected chi connectivity index (χ2v) is 3.05. The molecule has 0 spiro atoms. The van der Waals surface area contributed by atoms with Crippen LogP contribution in [0.2, 0.25) is 0 Å². The van der Waals surface area contributed by atoms with Gasteiger partial charge in [-0.3, -0.25) is 4.90 Å². The molecule has 0 aromatic rings. The van der Waals surface area contributed by atoms with E-state index in [0.29, 0.717) is 6.54 Å². The molecule has 1 fully saturated rings. The molecule has 0 aromatic heterocycles. The Hall–Kier alpha value is 0.360. The van der Waals surface area contributed by atoms with E-state index in [1.807, 2.05) is 0 Å². The van der Waals surface area contributed by atoms with Gasteiger partial charge in [0, 0.05) is 12.6 Å². The zero-order valence-corrected chi connectivity index (χ0v) is 8.92. The minimum atomic E-state index is -2.22. The van der Waals surface area contributed by atoms with Crippen LogP contribution >= 0.6 is 24.8 Å². The molecule has 0 aliphatic carbocycles. The maximum absolute atomic E-state index is 11.9. The monoisotopic (exact) mass is 236 g/mol. The van der Waals surface area contributed by atoms with E-state index in [1.165, 1.54) is 0 Å². The zero-order chi connectivity index (χ0) is 8.27. The first-order valence-corrected chi connectivity index (χ1v) is 3.94. The third-order valence-corrected chi connectivity index (χ3v) is 1.94. The third-order valence-electron chi connectivity index (χ3n) is 1.94. The van der Waals surface area contributed by atoms with E-state index < -0.39 is 6.43 Å². The van der Waals surface area contributed by atoms with E-state index in [2.05, 4.69) is 0 Å². The van der Waals surface area contributed by atoms with Crippen molar-refractivity contribution >= 4 is 24.8 Å². The van der Waals surface area contributed by atoms with Gasteiger partial charge in [0.05, 0.1) is 6.54 Å². The lowest BCUT2D eigenvalue weighted by Crippen LogP contribution is -2.44. The predicted octanol–water partition coefficient (Wildman–Crippen LogP) is 1.52. The highest BCUT2D eigenvalue weighted by Crippen LogP contribution is 2.09. The fourth-order valence-electron chi connectivity index (χ4n) is 1.45. The second-order valence-electron chi connectivity index (χ2n) is 3.05. The summed E-state index contributed by atoms with van der Waals surface area (Å²) in [6.07, 6.45) is -0.298. The number of likely N-dealkylation sites (tertiary alicyclic amines) is 1. The molecule has 1 atom stereocenters. The van der Waals surface area contributed by atoms with Gasteiger partial charge in [0.1, 0.15) is 0 Å². The molecule has 1 saturated heterocycles. The standard InChI is InChI=1S/C7H14F2N2.2ClH/c8-7(9)5-11-3-1-2-6(10)4-11;;/h6-7H,1-5,10H2;2*1H. The number of rotatable bonds is 2. The minimum absolute atomic E-state index is 0. The highest BCUT2D eigenvalue weighted by molar-refractivity contribution is 5.85. The summed E-state index contributed by atoms with van der Waals surface area (Å²) in [5.74, 6) is 0. The molecule has 6 heteroatoms. The smallest absolute Gasteiger partial charge is 0.251 e. The number of nitrogens with two attached hydrogens (primary N) is 1. The first-order valence-electron chi connectivity index (χ1n) is 3.94. The Morgan fingerprint density at radius 1 is 1.38 bits per heavy atom. The molecule has 82 valence electrons. The van der Waals surface area contributed by atoms with Crippen molar-refractivity contribution in [3.8, 4) is 0 Å².